The Bertz CT molecular complexity index is 157. The molecule has 0 aromatic carbocycles. The first-order chi connectivity index (χ1) is 5.66. The van der Waals surface area contributed by atoms with Crippen molar-refractivity contribution in [2.45, 2.75) is 0 Å². The third-order valence-corrected chi connectivity index (χ3v) is 1.42. The van der Waals surface area contributed by atoms with Crippen LogP contribution in [0.1, 0.15) is 0 Å². The fourth-order valence-corrected chi connectivity index (χ4v) is 0.727. The maximum atomic E-state index is 10.1. The van der Waals surface area contributed by atoms with Crippen molar-refractivity contribution in [3.63, 3.8) is 0 Å². The molecule has 0 saturated heterocycles. The summed E-state index contributed by atoms with van der Waals surface area (Å²) in [6.45, 7) is 2.51. The Morgan fingerprint density at radius 3 is 2.83 bits per heavy atom. The van der Waals surface area contributed by atoms with Gasteiger partial charge < -0.3 is 15.3 Å². The van der Waals surface area contributed by atoms with Crippen LogP contribution >= 0.6 is 0 Å². The largest absolute Gasteiger partial charge is 0.478 e. The number of nitrogens with one attached hydrogen (secondary N) is 1. The van der Waals surface area contributed by atoms with Gasteiger partial charge in [-0.1, -0.05) is 6.08 Å². The van der Waals surface area contributed by atoms with Gasteiger partial charge in [0, 0.05) is 25.7 Å². The van der Waals surface area contributed by atoms with E-state index in [4.69, 9.17) is 5.11 Å². The van der Waals surface area contributed by atoms with E-state index in [1.807, 2.05) is 19.0 Å². The molecule has 0 bridgehead atoms. The lowest BCUT2D eigenvalue weighted by atomic mass is 10.4. The zero-order valence-electron chi connectivity index (χ0n) is 7.58. The molecule has 0 rings (SSSR count). The van der Waals surface area contributed by atoms with Gasteiger partial charge in [-0.15, -0.1) is 0 Å². The molecule has 4 nitrogen and oxygen atoms in total. The number of nitrogens with zero attached hydrogens (tertiary/aromatic N) is 1. The van der Waals surface area contributed by atoms with Gasteiger partial charge in [-0.05, 0) is 14.1 Å². The van der Waals surface area contributed by atoms with Crippen LogP contribution in [0, 0.1) is 0 Å². The molecule has 0 aliphatic heterocycles. The number of carbonyl (C=O) groups is 1. The number of hydrogen-bond donors (Lipinski definition) is 2. The minimum absolute atomic E-state index is 0.675. The van der Waals surface area contributed by atoms with Crippen LogP contribution in [-0.4, -0.2) is 49.7 Å². The van der Waals surface area contributed by atoms with Crippen LogP contribution in [0.5, 0.6) is 0 Å². The van der Waals surface area contributed by atoms with E-state index in [1.165, 1.54) is 0 Å². The summed E-state index contributed by atoms with van der Waals surface area (Å²) in [5, 5.41) is 11.3. The van der Waals surface area contributed by atoms with Gasteiger partial charge in [-0.3, -0.25) is 0 Å². The first-order valence-electron chi connectivity index (χ1n) is 3.89. The second kappa shape index (κ2) is 6.82. The summed E-state index contributed by atoms with van der Waals surface area (Å²) < 4.78 is 0. The van der Waals surface area contributed by atoms with Crippen LogP contribution in [0.25, 0.3) is 0 Å². The standard InChI is InChI=1S/C8H16N2O2/c1-9-5-7-10(2)6-3-4-8(11)12/h3-4,9H,5-7H2,1-2H3,(H,11,12). The van der Waals surface area contributed by atoms with Crippen molar-refractivity contribution in [2.24, 2.45) is 0 Å². The highest BCUT2D eigenvalue weighted by Crippen LogP contribution is 1.82. The molecule has 0 aliphatic rings. The Balaban J connectivity index is 3.42. The van der Waals surface area contributed by atoms with Crippen LogP contribution < -0.4 is 5.32 Å². The van der Waals surface area contributed by atoms with Gasteiger partial charge in [-0.2, -0.15) is 0 Å². The van der Waals surface area contributed by atoms with Gasteiger partial charge in [0.05, 0.1) is 0 Å². The van der Waals surface area contributed by atoms with Gasteiger partial charge in [0.1, 0.15) is 0 Å². The van der Waals surface area contributed by atoms with Crippen LogP contribution in [0.4, 0.5) is 0 Å². The summed E-state index contributed by atoms with van der Waals surface area (Å²) in [5.41, 5.74) is 0. The van der Waals surface area contributed by atoms with E-state index in [0.717, 1.165) is 19.2 Å². The molecule has 0 atom stereocenters. The van der Waals surface area contributed by atoms with E-state index in [9.17, 15) is 4.79 Å². The molecule has 0 aromatic rings. The molecule has 0 heterocycles. The predicted molar refractivity (Wildman–Crippen MR) is 48.2 cm³/mol. The number of likely N-dealkylation sites (N-methyl/N-ethyl adjacent to an activating group) is 2. The number of rotatable bonds is 6. The van der Waals surface area contributed by atoms with Gasteiger partial charge in [0.15, 0.2) is 0 Å². The Labute approximate surface area is 72.9 Å². The lowest BCUT2D eigenvalue weighted by Crippen LogP contribution is -2.27. The molecule has 0 spiro atoms. The van der Waals surface area contributed by atoms with Crippen molar-refractivity contribution < 1.29 is 9.90 Å². The van der Waals surface area contributed by atoms with E-state index in [2.05, 4.69) is 5.32 Å². The predicted octanol–water partition coefficient (Wildman–Crippen LogP) is -0.222. The molecule has 0 amide bonds. The summed E-state index contributed by atoms with van der Waals surface area (Å²) in [6.07, 6.45) is 2.80. The lowest BCUT2D eigenvalue weighted by Gasteiger charge is -2.12. The van der Waals surface area contributed by atoms with Crippen molar-refractivity contribution in [3.05, 3.63) is 12.2 Å². The molecule has 70 valence electrons. The van der Waals surface area contributed by atoms with E-state index < -0.39 is 5.97 Å². The minimum Gasteiger partial charge on any atom is -0.478 e. The fraction of sp³-hybridized carbons (Fsp3) is 0.625. The topological polar surface area (TPSA) is 52.6 Å². The molecular weight excluding hydrogens is 156 g/mol. The zero-order chi connectivity index (χ0) is 9.40. The normalized spacial score (nSPS) is 11.2. The molecule has 4 heteroatoms. The van der Waals surface area contributed by atoms with Crippen LogP contribution in [-0.2, 0) is 4.79 Å². The average Bonchev–Trinajstić information content (AvgIpc) is 2.00. The second-order valence-electron chi connectivity index (χ2n) is 2.61. The quantitative estimate of drug-likeness (QED) is 0.544. The SMILES string of the molecule is CNCCN(C)CC=CC(=O)O. The minimum atomic E-state index is -0.892. The van der Waals surface area contributed by atoms with Crippen molar-refractivity contribution >= 4 is 5.97 Å². The fourth-order valence-electron chi connectivity index (χ4n) is 0.727. The molecule has 2 N–H and O–H groups in total. The van der Waals surface area contributed by atoms with Crippen molar-refractivity contribution in [2.75, 3.05) is 33.7 Å². The van der Waals surface area contributed by atoms with Crippen molar-refractivity contribution in [1.82, 2.24) is 10.2 Å². The van der Waals surface area contributed by atoms with E-state index in [1.54, 1.807) is 6.08 Å². The molecule has 0 unspecified atom stereocenters. The summed E-state index contributed by atoms with van der Waals surface area (Å²) in [7, 11) is 3.84. The highest BCUT2D eigenvalue weighted by atomic mass is 16.4. The molecule has 0 fully saturated rings. The summed E-state index contributed by atoms with van der Waals surface area (Å²) in [4.78, 5) is 12.1. The smallest absolute Gasteiger partial charge is 0.328 e. The van der Waals surface area contributed by atoms with E-state index >= 15 is 0 Å². The zero-order valence-corrected chi connectivity index (χ0v) is 7.58. The van der Waals surface area contributed by atoms with Gasteiger partial charge in [-0.25, -0.2) is 4.79 Å². The molecule has 0 aromatic heterocycles. The molecule has 0 radical (unpaired) electrons. The Kier molecular flexibility index (Phi) is 6.32. The third kappa shape index (κ3) is 7.24. The molecular formula is C8H16N2O2. The molecule has 0 aliphatic carbocycles. The number of hydrogen-bond acceptors (Lipinski definition) is 3. The highest BCUT2D eigenvalue weighted by Gasteiger charge is 1.93. The van der Waals surface area contributed by atoms with Gasteiger partial charge in [0.25, 0.3) is 0 Å². The molecule has 0 saturated carbocycles. The maximum Gasteiger partial charge on any atom is 0.328 e. The highest BCUT2D eigenvalue weighted by molar-refractivity contribution is 5.79. The van der Waals surface area contributed by atoms with Crippen LogP contribution in [0.3, 0.4) is 0 Å². The Morgan fingerprint density at radius 2 is 2.33 bits per heavy atom. The van der Waals surface area contributed by atoms with E-state index in [0.29, 0.717) is 6.54 Å². The summed E-state index contributed by atoms with van der Waals surface area (Å²) >= 11 is 0. The van der Waals surface area contributed by atoms with Crippen molar-refractivity contribution in [1.29, 1.82) is 0 Å². The van der Waals surface area contributed by atoms with Gasteiger partial charge in [0.2, 0.25) is 0 Å². The lowest BCUT2D eigenvalue weighted by molar-refractivity contribution is -0.131. The average molecular weight is 172 g/mol. The number of aliphatic carboxylic acids is 1. The number of carboxylic acids is 1. The first-order valence-corrected chi connectivity index (χ1v) is 3.89. The van der Waals surface area contributed by atoms with Gasteiger partial charge >= 0.3 is 5.97 Å². The van der Waals surface area contributed by atoms with Crippen LogP contribution in [0.15, 0.2) is 12.2 Å². The summed E-state index contributed by atoms with van der Waals surface area (Å²) in [6, 6.07) is 0. The number of carboxylic acid groups (broad SMARTS) is 1. The van der Waals surface area contributed by atoms with Crippen molar-refractivity contribution in [3.8, 4) is 0 Å². The first kappa shape index (κ1) is 11.1. The van der Waals surface area contributed by atoms with Crippen LogP contribution in [0.2, 0.25) is 0 Å². The second-order valence-corrected chi connectivity index (χ2v) is 2.61. The maximum absolute atomic E-state index is 10.1. The Morgan fingerprint density at radius 1 is 1.67 bits per heavy atom. The monoisotopic (exact) mass is 172 g/mol. The van der Waals surface area contributed by atoms with E-state index in [-0.39, 0.29) is 0 Å². The summed E-state index contributed by atoms with van der Waals surface area (Å²) in [5.74, 6) is -0.892. The third-order valence-electron chi connectivity index (χ3n) is 1.42. The molecule has 12 heavy (non-hydrogen) atoms. The Hall–Kier alpha value is -0.870.